The van der Waals surface area contributed by atoms with Gasteiger partial charge in [-0.1, -0.05) is 91.0 Å². The summed E-state index contributed by atoms with van der Waals surface area (Å²) in [5.74, 6) is -0.251. The van der Waals surface area contributed by atoms with Crippen LogP contribution in [0.25, 0.3) is 0 Å². The highest BCUT2D eigenvalue weighted by molar-refractivity contribution is 5.89. The lowest BCUT2D eigenvalue weighted by Crippen LogP contribution is -2.46. The third-order valence-corrected chi connectivity index (χ3v) is 6.22. The van der Waals surface area contributed by atoms with Crippen LogP contribution in [0.5, 0.6) is 0 Å². The van der Waals surface area contributed by atoms with Gasteiger partial charge in [-0.25, -0.2) is 0 Å². The third-order valence-electron chi connectivity index (χ3n) is 6.22. The minimum Gasteiger partial charge on any atom is -0.379 e. The summed E-state index contributed by atoms with van der Waals surface area (Å²) in [6.45, 7) is 4.81. The number of hydrogen-bond donors (Lipinski definition) is 1. The summed E-state index contributed by atoms with van der Waals surface area (Å²) >= 11 is 0. The van der Waals surface area contributed by atoms with Crippen molar-refractivity contribution >= 4 is 11.8 Å². The van der Waals surface area contributed by atoms with Crippen LogP contribution in [0, 0.1) is 0 Å². The molecule has 2 amide bonds. The molecule has 0 unspecified atom stereocenters. The van der Waals surface area contributed by atoms with Gasteiger partial charge in [-0.05, 0) is 16.7 Å². The first-order valence-electron chi connectivity index (χ1n) is 12.2. The lowest BCUT2D eigenvalue weighted by molar-refractivity contribution is -0.141. The van der Waals surface area contributed by atoms with Gasteiger partial charge in [-0.3, -0.25) is 14.5 Å². The normalized spacial score (nSPS) is 14.7. The molecule has 35 heavy (non-hydrogen) atoms. The highest BCUT2D eigenvalue weighted by Gasteiger charge is 2.31. The molecule has 1 N–H and O–H groups in total. The lowest BCUT2D eigenvalue weighted by Gasteiger charge is -2.32. The highest BCUT2D eigenvalue weighted by Crippen LogP contribution is 2.25. The Hall–Kier alpha value is -3.48. The Morgan fingerprint density at radius 3 is 2.03 bits per heavy atom. The molecule has 0 saturated carbocycles. The second kappa shape index (κ2) is 12.8. The summed E-state index contributed by atoms with van der Waals surface area (Å²) in [6.07, 6.45) is 0.234. The molecule has 6 heteroatoms. The monoisotopic (exact) mass is 471 g/mol. The number of rotatable bonds is 10. The van der Waals surface area contributed by atoms with Crippen LogP contribution < -0.4 is 5.32 Å². The standard InChI is InChI=1S/C29H33N3O3/c33-27(22-24-10-4-1-5-11-24)32(23-25-12-6-2-7-13-25)28(26-14-8-3-9-15-26)29(34)30-16-17-31-18-20-35-21-19-31/h1-15,28H,16-23H2,(H,30,34)/t28-/m0/s1. The summed E-state index contributed by atoms with van der Waals surface area (Å²) < 4.78 is 5.41. The molecule has 3 aromatic rings. The zero-order valence-corrected chi connectivity index (χ0v) is 20.0. The predicted octanol–water partition coefficient (Wildman–Crippen LogP) is 3.45. The van der Waals surface area contributed by atoms with E-state index in [9.17, 15) is 9.59 Å². The predicted molar refractivity (Wildman–Crippen MR) is 137 cm³/mol. The molecule has 0 aromatic heterocycles. The number of nitrogens with zero attached hydrogens (tertiary/aromatic N) is 2. The van der Waals surface area contributed by atoms with Gasteiger partial charge in [0, 0.05) is 32.7 Å². The molecule has 0 radical (unpaired) electrons. The first-order chi connectivity index (χ1) is 17.2. The number of benzene rings is 3. The fourth-order valence-electron chi connectivity index (χ4n) is 4.34. The molecule has 4 rings (SSSR count). The maximum atomic E-state index is 13.7. The second-order valence-corrected chi connectivity index (χ2v) is 8.73. The van der Waals surface area contributed by atoms with E-state index in [1.165, 1.54) is 0 Å². The minimum absolute atomic E-state index is 0.0859. The fraction of sp³-hybridized carbons (Fsp3) is 0.310. The van der Waals surface area contributed by atoms with Crippen LogP contribution in [0.15, 0.2) is 91.0 Å². The van der Waals surface area contributed by atoms with E-state index < -0.39 is 6.04 Å². The molecule has 1 atom stereocenters. The van der Waals surface area contributed by atoms with Crippen molar-refractivity contribution in [2.75, 3.05) is 39.4 Å². The van der Waals surface area contributed by atoms with Crippen LogP contribution in [0.1, 0.15) is 22.7 Å². The topological polar surface area (TPSA) is 61.9 Å². The molecule has 3 aromatic carbocycles. The second-order valence-electron chi connectivity index (χ2n) is 8.73. The van der Waals surface area contributed by atoms with Gasteiger partial charge in [-0.2, -0.15) is 0 Å². The molecule has 0 aliphatic carbocycles. The fourth-order valence-corrected chi connectivity index (χ4v) is 4.34. The van der Waals surface area contributed by atoms with Crippen molar-refractivity contribution in [3.05, 3.63) is 108 Å². The Bertz CT molecular complexity index is 1050. The Labute approximate surface area is 207 Å². The van der Waals surface area contributed by atoms with Crippen LogP contribution in [0.2, 0.25) is 0 Å². The summed E-state index contributed by atoms with van der Waals surface area (Å²) in [5, 5.41) is 3.10. The number of hydrogen-bond acceptors (Lipinski definition) is 4. The van der Waals surface area contributed by atoms with E-state index in [1.54, 1.807) is 4.90 Å². The number of carbonyl (C=O) groups is 2. The van der Waals surface area contributed by atoms with Gasteiger partial charge in [0.25, 0.3) is 0 Å². The average molecular weight is 472 g/mol. The van der Waals surface area contributed by atoms with Crippen LogP contribution in [0.4, 0.5) is 0 Å². The van der Waals surface area contributed by atoms with Crippen LogP contribution >= 0.6 is 0 Å². The van der Waals surface area contributed by atoms with E-state index in [1.807, 2.05) is 91.0 Å². The number of amides is 2. The van der Waals surface area contributed by atoms with E-state index >= 15 is 0 Å². The Balaban J connectivity index is 1.57. The van der Waals surface area contributed by atoms with Crippen molar-refractivity contribution in [1.82, 2.24) is 15.1 Å². The van der Waals surface area contributed by atoms with Crippen molar-refractivity contribution in [1.29, 1.82) is 0 Å². The SMILES string of the molecule is O=C(NCCN1CCOCC1)[C@H](c1ccccc1)N(Cc1ccccc1)C(=O)Cc1ccccc1. The van der Waals surface area contributed by atoms with Gasteiger partial charge < -0.3 is 15.0 Å². The molecule has 1 aliphatic heterocycles. The first-order valence-corrected chi connectivity index (χ1v) is 12.2. The highest BCUT2D eigenvalue weighted by atomic mass is 16.5. The van der Waals surface area contributed by atoms with E-state index in [0.29, 0.717) is 13.1 Å². The first kappa shape index (κ1) is 24.6. The summed E-state index contributed by atoms with van der Waals surface area (Å²) in [7, 11) is 0. The number of carbonyl (C=O) groups excluding carboxylic acids is 2. The third kappa shape index (κ3) is 7.25. The van der Waals surface area contributed by atoms with E-state index in [4.69, 9.17) is 4.74 Å². The van der Waals surface area contributed by atoms with Gasteiger partial charge in [0.1, 0.15) is 6.04 Å². The molecule has 1 fully saturated rings. The number of morpholine rings is 1. The number of nitrogens with one attached hydrogen (secondary N) is 1. The van der Waals surface area contributed by atoms with Crippen molar-refractivity contribution < 1.29 is 14.3 Å². The lowest BCUT2D eigenvalue weighted by atomic mass is 10.0. The minimum atomic E-state index is -0.725. The van der Waals surface area contributed by atoms with Crippen molar-refractivity contribution in [3.63, 3.8) is 0 Å². The molecular formula is C29H33N3O3. The van der Waals surface area contributed by atoms with Gasteiger partial charge >= 0.3 is 0 Å². The summed E-state index contributed by atoms with van der Waals surface area (Å²) in [5.41, 5.74) is 2.71. The molecule has 1 aliphatic rings. The molecule has 0 spiro atoms. The van der Waals surface area contributed by atoms with Crippen molar-refractivity contribution in [3.8, 4) is 0 Å². The molecular weight excluding hydrogens is 438 g/mol. The van der Waals surface area contributed by atoms with E-state index in [2.05, 4.69) is 10.2 Å². The maximum Gasteiger partial charge on any atom is 0.247 e. The van der Waals surface area contributed by atoms with Crippen LogP contribution in [-0.4, -0.2) is 61.0 Å². The maximum absolute atomic E-state index is 13.7. The van der Waals surface area contributed by atoms with Gasteiger partial charge in [0.05, 0.1) is 19.6 Å². The molecule has 182 valence electrons. The molecule has 6 nitrogen and oxygen atoms in total. The Morgan fingerprint density at radius 1 is 0.829 bits per heavy atom. The summed E-state index contributed by atoms with van der Waals surface area (Å²) in [6, 6.07) is 28.4. The van der Waals surface area contributed by atoms with E-state index in [0.717, 1.165) is 49.5 Å². The molecule has 1 saturated heterocycles. The van der Waals surface area contributed by atoms with Gasteiger partial charge in [0.2, 0.25) is 11.8 Å². The molecule has 1 heterocycles. The van der Waals surface area contributed by atoms with Crippen LogP contribution in [0.3, 0.4) is 0 Å². The zero-order chi connectivity index (χ0) is 24.3. The van der Waals surface area contributed by atoms with Gasteiger partial charge in [0.15, 0.2) is 0 Å². The Morgan fingerprint density at radius 2 is 1.40 bits per heavy atom. The smallest absolute Gasteiger partial charge is 0.247 e. The van der Waals surface area contributed by atoms with Crippen molar-refractivity contribution in [2.45, 2.75) is 19.0 Å². The number of ether oxygens (including phenoxy) is 1. The average Bonchev–Trinajstić information content (AvgIpc) is 2.91. The summed E-state index contributed by atoms with van der Waals surface area (Å²) in [4.78, 5) is 31.3. The molecule has 0 bridgehead atoms. The van der Waals surface area contributed by atoms with Crippen molar-refractivity contribution in [2.24, 2.45) is 0 Å². The van der Waals surface area contributed by atoms with Gasteiger partial charge in [-0.15, -0.1) is 0 Å². The Kier molecular flexibility index (Phi) is 9.04. The largest absolute Gasteiger partial charge is 0.379 e. The quantitative estimate of drug-likeness (QED) is 0.492. The zero-order valence-electron chi connectivity index (χ0n) is 20.0. The van der Waals surface area contributed by atoms with Crippen LogP contribution in [-0.2, 0) is 27.3 Å². The van der Waals surface area contributed by atoms with E-state index in [-0.39, 0.29) is 18.2 Å².